The van der Waals surface area contributed by atoms with Gasteiger partial charge in [0.2, 0.25) is 0 Å². The van der Waals surface area contributed by atoms with Crippen molar-refractivity contribution < 1.29 is 9.53 Å². The molecule has 0 heterocycles. The SMILES string of the molecule is Cc1cc(OCC(=O)Nc2ccc(Br)cc2)c(C)cc1Br. The highest BCUT2D eigenvalue weighted by Crippen LogP contribution is 2.26. The molecule has 21 heavy (non-hydrogen) atoms. The first kappa shape index (κ1) is 16.0. The van der Waals surface area contributed by atoms with Crippen LogP contribution in [-0.4, -0.2) is 12.5 Å². The molecule has 110 valence electrons. The van der Waals surface area contributed by atoms with Crippen molar-refractivity contribution in [1.82, 2.24) is 0 Å². The molecule has 2 aromatic rings. The van der Waals surface area contributed by atoms with Gasteiger partial charge in [0.25, 0.3) is 5.91 Å². The van der Waals surface area contributed by atoms with Crippen molar-refractivity contribution in [3.05, 3.63) is 56.5 Å². The summed E-state index contributed by atoms with van der Waals surface area (Å²) in [6.07, 6.45) is 0. The molecule has 0 aliphatic rings. The van der Waals surface area contributed by atoms with E-state index in [0.717, 1.165) is 31.5 Å². The molecule has 3 nitrogen and oxygen atoms in total. The fraction of sp³-hybridized carbons (Fsp3) is 0.188. The zero-order valence-electron chi connectivity index (χ0n) is 11.7. The first-order valence-corrected chi connectivity index (χ1v) is 7.99. The summed E-state index contributed by atoms with van der Waals surface area (Å²) in [5, 5.41) is 2.79. The van der Waals surface area contributed by atoms with E-state index in [2.05, 4.69) is 37.2 Å². The normalized spacial score (nSPS) is 10.3. The first-order chi connectivity index (χ1) is 9.95. The van der Waals surface area contributed by atoms with Crippen molar-refractivity contribution in [2.24, 2.45) is 0 Å². The Balaban J connectivity index is 1.95. The summed E-state index contributed by atoms with van der Waals surface area (Å²) >= 11 is 6.82. The van der Waals surface area contributed by atoms with Gasteiger partial charge in [0, 0.05) is 14.6 Å². The summed E-state index contributed by atoms with van der Waals surface area (Å²) in [5.41, 5.74) is 2.81. The van der Waals surface area contributed by atoms with Gasteiger partial charge in [-0.15, -0.1) is 0 Å². The average Bonchev–Trinajstić information content (AvgIpc) is 2.44. The monoisotopic (exact) mass is 411 g/mol. The summed E-state index contributed by atoms with van der Waals surface area (Å²) in [7, 11) is 0. The van der Waals surface area contributed by atoms with E-state index in [4.69, 9.17) is 4.74 Å². The zero-order chi connectivity index (χ0) is 15.4. The molecule has 0 saturated carbocycles. The standard InChI is InChI=1S/C16H15Br2NO2/c1-10-8-15(11(2)7-14(10)18)21-9-16(20)19-13-5-3-12(17)4-6-13/h3-8H,9H2,1-2H3,(H,19,20). The van der Waals surface area contributed by atoms with Gasteiger partial charge in [-0.2, -0.15) is 0 Å². The molecule has 0 saturated heterocycles. The Morgan fingerprint density at radius 2 is 1.76 bits per heavy atom. The number of aryl methyl sites for hydroxylation is 2. The largest absolute Gasteiger partial charge is 0.483 e. The maximum Gasteiger partial charge on any atom is 0.262 e. The molecular formula is C16H15Br2NO2. The molecule has 0 unspecified atom stereocenters. The van der Waals surface area contributed by atoms with Crippen LogP contribution in [0.15, 0.2) is 45.3 Å². The number of carbonyl (C=O) groups is 1. The lowest BCUT2D eigenvalue weighted by atomic mass is 10.1. The smallest absolute Gasteiger partial charge is 0.262 e. The van der Waals surface area contributed by atoms with Gasteiger partial charge < -0.3 is 10.1 Å². The van der Waals surface area contributed by atoms with Gasteiger partial charge >= 0.3 is 0 Å². The van der Waals surface area contributed by atoms with Crippen LogP contribution in [0.4, 0.5) is 5.69 Å². The van der Waals surface area contributed by atoms with Gasteiger partial charge in [-0.25, -0.2) is 0 Å². The maximum atomic E-state index is 11.9. The number of amides is 1. The van der Waals surface area contributed by atoms with Gasteiger partial charge in [-0.05, 0) is 61.4 Å². The third kappa shape index (κ3) is 4.58. The van der Waals surface area contributed by atoms with Crippen LogP contribution in [0.5, 0.6) is 5.75 Å². The molecule has 1 amide bonds. The molecule has 0 bridgehead atoms. The molecule has 0 aromatic heterocycles. The summed E-state index contributed by atoms with van der Waals surface area (Å²) in [6.45, 7) is 3.92. The Labute approximate surface area is 141 Å². The van der Waals surface area contributed by atoms with Crippen molar-refractivity contribution in [1.29, 1.82) is 0 Å². The summed E-state index contributed by atoms with van der Waals surface area (Å²) in [5.74, 6) is 0.541. The fourth-order valence-electron chi connectivity index (χ4n) is 1.78. The van der Waals surface area contributed by atoms with Crippen molar-refractivity contribution >= 4 is 43.5 Å². The van der Waals surface area contributed by atoms with Crippen molar-refractivity contribution in [3.63, 3.8) is 0 Å². The Kier molecular flexibility index (Phi) is 5.42. The number of nitrogens with one attached hydrogen (secondary N) is 1. The summed E-state index contributed by atoms with van der Waals surface area (Å²) in [4.78, 5) is 11.9. The lowest BCUT2D eigenvalue weighted by Gasteiger charge is -2.11. The predicted molar refractivity (Wildman–Crippen MR) is 91.9 cm³/mol. The van der Waals surface area contributed by atoms with Crippen LogP contribution < -0.4 is 10.1 Å². The summed E-state index contributed by atoms with van der Waals surface area (Å²) < 4.78 is 7.59. The molecule has 0 spiro atoms. The number of rotatable bonds is 4. The summed E-state index contributed by atoms with van der Waals surface area (Å²) in [6, 6.07) is 11.3. The molecule has 0 fully saturated rings. The highest BCUT2D eigenvalue weighted by Gasteiger charge is 2.07. The lowest BCUT2D eigenvalue weighted by molar-refractivity contribution is -0.118. The van der Waals surface area contributed by atoms with E-state index in [9.17, 15) is 4.79 Å². The molecular weight excluding hydrogens is 398 g/mol. The van der Waals surface area contributed by atoms with Crippen LogP contribution in [0.25, 0.3) is 0 Å². The third-order valence-corrected chi connectivity index (χ3v) is 4.33. The highest BCUT2D eigenvalue weighted by molar-refractivity contribution is 9.10. The molecule has 0 radical (unpaired) electrons. The number of hydrogen-bond acceptors (Lipinski definition) is 2. The minimum atomic E-state index is -0.183. The molecule has 5 heteroatoms. The predicted octanol–water partition coefficient (Wildman–Crippen LogP) is 4.85. The van der Waals surface area contributed by atoms with Crippen LogP contribution in [0, 0.1) is 13.8 Å². The van der Waals surface area contributed by atoms with Crippen molar-refractivity contribution in [3.8, 4) is 5.75 Å². The van der Waals surface area contributed by atoms with E-state index < -0.39 is 0 Å². The first-order valence-electron chi connectivity index (χ1n) is 6.40. The van der Waals surface area contributed by atoms with Gasteiger partial charge in [0.1, 0.15) is 5.75 Å². The van der Waals surface area contributed by atoms with Crippen LogP contribution >= 0.6 is 31.9 Å². The van der Waals surface area contributed by atoms with Crippen LogP contribution in [0.2, 0.25) is 0 Å². The fourth-order valence-corrected chi connectivity index (χ4v) is 2.51. The minimum Gasteiger partial charge on any atom is -0.483 e. The van der Waals surface area contributed by atoms with E-state index >= 15 is 0 Å². The average molecular weight is 413 g/mol. The Morgan fingerprint density at radius 3 is 2.43 bits per heavy atom. The Hall–Kier alpha value is -1.33. The highest BCUT2D eigenvalue weighted by atomic mass is 79.9. The molecule has 0 atom stereocenters. The van der Waals surface area contributed by atoms with Gasteiger partial charge in [-0.1, -0.05) is 31.9 Å². The van der Waals surface area contributed by atoms with E-state index in [1.54, 1.807) is 0 Å². The number of halogens is 2. The molecule has 1 N–H and O–H groups in total. The molecule has 0 aliphatic heterocycles. The zero-order valence-corrected chi connectivity index (χ0v) is 14.9. The number of carbonyl (C=O) groups excluding carboxylic acids is 1. The minimum absolute atomic E-state index is 0.0159. The number of ether oxygens (including phenoxy) is 1. The van der Waals surface area contributed by atoms with Gasteiger partial charge in [-0.3, -0.25) is 4.79 Å². The van der Waals surface area contributed by atoms with E-state index in [0.29, 0.717) is 0 Å². The molecule has 0 aliphatic carbocycles. The number of benzene rings is 2. The molecule has 2 aromatic carbocycles. The second-order valence-corrected chi connectivity index (χ2v) is 6.48. The second kappa shape index (κ2) is 7.09. The van der Waals surface area contributed by atoms with Gasteiger partial charge in [0.05, 0.1) is 0 Å². The third-order valence-electron chi connectivity index (χ3n) is 2.94. The topological polar surface area (TPSA) is 38.3 Å². The number of anilines is 1. The van der Waals surface area contributed by atoms with Crippen molar-refractivity contribution in [2.45, 2.75) is 13.8 Å². The Morgan fingerprint density at radius 1 is 1.10 bits per heavy atom. The maximum absolute atomic E-state index is 11.9. The molecule has 2 rings (SSSR count). The van der Waals surface area contributed by atoms with Crippen LogP contribution in [0.3, 0.4) is 0 Å². The number of hydrogen-bond donors (Lipinski definition) is 1. The lowest BCUT2D eigenvalue weighted by Crippen LogP contribution is -2.20. The van der Waals surface area contributed by atoms with E-state index in [-0.39, 0.29) is 12.5 Å². The quantitative estimate of drug-likeness (QED) is 0.779. The van der Waals surface area contributed by atoms with E-state index in [1.165, 1.54) is 0 Å². The Bertz CT molecular complexity index is 654. The van der Waals surface area contributed by atoms with E-state index in [1.807, 2.05) is 50.2 Å². The second-order valence-electron chi connectivity index (χ2n) is 4.71. The van der Waals surface area contributed by atoms with Gasteiger partial charge in [0.15, 0.2) is 6.61 Å². The van der Waals surface area contributed by atoms with Crippen LogP contribution in [0.1, 0.15) is 11.1 Å². The van der Waals surface area contributed by atoms with Crippen LogP contribution in [-0.2, 0) is 4.79 Å². The van der Waals surface area contributed by atoms with Crippen molar-refractivity contribution in [2.75, 3.05) is 11.9 Å².